The second-order valence-corrected chi connectivity index (χ2v) is 6.60. The van der Waals surface area contributed by atoms with Crippen LogP contribution in [0, 0.1) is 0 Å². The molecule has 3 aromatic rings. The zero-order chi connectivity index (χ0) is 19.2. The zero-order valence-corrected chi connectivity index (χ0v) is 16.0. The maximum absolute atomic E-state index is 12.5. The predicted molar refractivity (Wildman–Crippen MR) is 104 cm³/mol. The molecule has 0 radical (unpaired) electrons. The Morgan fingerprint density at radius 2 is 1.81 bits per heavy atom. The van der Waals surface area contributed by atoms with Crippen molar-refractivity contribution in [2.24, 2.45) is 4.99 Å². The molecule has 6 nitrogen and oxygen atoms in total. The normalized spacial score (nSPS) is 11.6. The van der Waals surface area contributed by atoms with Gasteiger partial charge in [0.05, 0.1) is 17.9 Å². The highest BCUT2D eigenvalue weighted by molar-refractivity contribution is 7.16. The molecule has 27 heavy (non-hydrogen) atoms. The first-order valence-corrected chi connectivity index (χ1v) is 9.50. The molecule has 7 heteroatoms. The van der Waals surface area contributed by atoms with Crippen molar-refractivity contribution in [2.75, 3.05) is 13.2 Å². The Hall–Kier alpha value is -2.93. The molecule has 0 aliphatic heterocycles. The lowest BCUT2D eigenvalue weighted by Gasteiger charge is -2.09. The van der Waals surface area contributed by atoms with Crippen LogP contribution in [-0.2, 0) is 16.1 Å². The van der Waals surface area contributed by atoms with Gasteiger partial charge < -0.3 is 14.0 Å². The molecule has 0 saturated carbocycles. The average molecular weight is 384 g/mol. The van der Waals surface area contributed by atoms with Gasteiger partial charge in [0, 0.05) is 5.56 Å². The molecule has 0 fully saturated rings. The Kier molecular flexibility index (Phi) is 6.03. The van der Waals surface area contributed by atoms with E-state index in [-0.39, 0.29) is 19.1 Å². The lowest BCUT2D eigenvalue weighted by atomic mass is 10.2. The van der Waals surface area contributed by atoms with Crippen molar-refractivity contribution < 1.29 is 19.1 Å². The summed E-state index contributed by atoms with van der Waals surface area (Å²) in [5.74, 6) is -0.112. The quantitative estimate of drug-likeness (QED) is 0.611. The van der Waals surface area contributed by atoms with Crippen molar-refractivity contribution in [3.8, 4) is 5.75 Å². The number of rotatable bonds is 6. The fraction of sp³-hybridized carbons (Fsp3) is 0.250. The fourth-order valence-electron chi connectivity index (χ4n) is 2.67. The molecule has 0 unspecified atom stereocenters. The minimum Gasteiger partial charge on any atom is -0.492 e. The topological polar surface area (TPSA) is 69.9 Å². The van der Waals surface area contributed by atoms with Crippen LogP contribution in [0.3, 0.4) is 0 Å². The van der Waals surface area contributed by atoms with Crippen LogP contribution in [0.1, 0.15) is 24.2 Å². The van der Waals surface area contributed by atoms with Crippen molar-refractivity contribution >= 4 is 33.4 Å². The van der Waals surface area contributed by atoms with Crippen molar-refractivity contribution in [2.45, 2.75) is 20.4 Å². The van der Waals surface area contributed by atoms with Gasteiger partial charge >= 0.3 is 5.97 Å². The Bertz CT molecular complexity index is 1020. The number of fused-ring (bicyclic) bond motifs is 1. The van der Waals surface area contributed by atoms with Crippen LogP contribution in [-0.4, -0.2) is 29.7 Å². The molecule has 0 saturated heterocycles. The third-order valence-corrected chi connectivity index (χ3v) is 4.82. The number of aromatic nitrogens is 1. The fourth-order valence-corrected chi connectivity index (χ4v) is 3.71. The van der Waals surface area contributed by atoms with E-state index < -0.39 is 5.97 Å². The highest BCUT2D eigenvalue weighted by atomic mass is 32.1. The van der Waals surface area contributed by atoms with Crippen LogP contribution in [0.15, 0.2) is 53.5 Å². The van der Waals surface area contributed by atoms with Gasteiger partial charge in [-0.05, 0) is 38.1 Å². The SMILES string of the molecule is CCOC(=O)Cn1c(=NC(=O)c2ccccc2)sc2cccc(OCC)c21. The van der Waals surface area contributed by atoms with Gasteiger partial charge in [-0.3, -0.25) is 9.59 Å². The summed E-state index contributed by atoms with van der Waals surface area (Å²) in [6.45, 7) is 4.38. The van der Waals surface area contributed by atoms with Gasteiger partial charge in [0.1, 0.15) is 17.8 Å². The van der Waals surface area contributed by atoms with E-state index in [4.69, 9.17) is 9.47 Å². The number of nitrogens with zero attached hydrogens (tertiary/aromatic N) is 2. The Labute approximate surface area is 160 Å². The number of ether oxygens (including phenoxy) is 2. The van der Waals surface area contributed by atoms with Gasteiger partial charge in [-0.25, -0.2) is 0 Å². The first-order valence-electron chi connectivity index (χ1n) is 8.69. The van der Waals surface area contributed by atoms with E-state index in [1.165, 1.54) is 11.3 Å². The zero-order valence-electron chi connectivity index (χ0n) is 15.2. The van der Waals surface area contributed by atoms with Crippen LogP contribution < -0.4 is 9.54 Å². The molecule has 0 bridgehead atoms. The van der Waals surface area contributed by atoms with E-state index in [1.807, 2.05) is 31.2 Å². The number of hydrogen-bond donors (Lipinski definition) is 0. The molecule has 140 valence electrons. The van der Waals surface area contributed by atoms with E-state index in [0.29, 0.717) is 22.7 Å². The lowest BCUT2D eigenvalue weighted by Crippen LogP contribution is -2.23. The summed E-state index contributed by atoms with van der Waals surface area (Å²) < 4.78 is 13.4. The van der Waals surface area contributed by atoms with Crippen LogP contribution in [0.2, 0.25) is 0 Å². The molecule has 0 spiro atoms. The van der Waals surface area contributed by atoms with E-state index >= 15 is 0 Å². The number of benzene rings is 2. The number of carbonyl (C=O) groups is 2. The molecule has 2 aromatic carbocycles. The molecule has 1 amide bonds. The third kappa shape index (κ3) is 4.25. The number of hydrogen-bond acceptors (Lipinski definition) is 5. The molecule has 0 N–H and O–H groups in total. The van der Waals surface area contributed by atoms with Gasteiger partial charge in [-0.15, -0.1) is 0 Å². The maximum atomic E-state index is 12.5. The number of para-hydroxylation sites is 1. The van der Waals surface area contributed by atoms with E-state index in [0.717, 1.165) is 10.2 Å². The second kappa shape index (κ2) is 8.64. The summed E-state index contributed by atoms with van der Waals surface area (Å²) in [5.41, 5.74) is 1.22. The molecular weight excluding hydrogens is 364 g/mol. The first-order chi connectivity index (χ1) is 13.1. The summed E-state index contributed by atoms with van der Waals surface area (Å²) in [6, 6.07) is 14.5. The van der Waals surface area contributed by atoms with E-state index in [9.17, 15) is 9.59 Å². The number of carbonyl (C=O) groups excluding carboxylic acids is 2. The molecule has 3 rings (SSSR count). The minimum atomic E-state index is -0.392. The maximum Gasteiger partial charge on any atom is 0.326 e. The molecule has 0 aliphatic rings. The number of amides is 1. The van der Waals surface area contributed by atoms with Gasteiger partial charge in [0.2, 0.25) is 0 Å². The Morgan fingerprint density at radius 1 is 1.04 bits per heavy atom. The number of esters is 1. The van der Waals surface area contributed by atoms with Crippen molar-refractivity contribution in [1.82, 2.24) is 4.57 Å². The molecule has 0 aliphatic carbocycles. The monoisotopic (exact) mass is 384 g/mol. The molecule has 0 atom stereocenters. The standard InChI is InChI=1S/C20H20N2O4S/c1-3-25-15-11-8-12-16-18(15)22(13-17(23)26-4-2)20(27-16)21-19(24)14-9-6-5-7-10-14/h5-12H,3-4,13H2,1-2H3. The second-order valence-electron chi connectivity index (χ2n) is 5.59. The highest BCUT2D eigenvalue weighted by Crippen LogP contribution is 2.27. The van der Waals surface area contributed by atoms with Crippen LogP contribution >= 0.6 is 11.3 Å². The minimum absolute atomic E-state index is 0.0428. The Balaban J connectivity index is 2.16. The van der Waals surface area contributed by atoms with Crippen LogP contribution in [0.4, 0.5) is 0 Å². The highest BCUT2D eigenvalue weighted by Gasteiger charge is 2.16. The Morgan fingerprint density at radius 3 is 2.52 bits per heavy atom. The third-order valence-electron chi connectivity index (χ3n) is 3.77. The molecule has 1 heterocycles. The van der Waals surface area contributed by atoms with Crippen molar-refractivity contribution in [3.05, 3.63) is 58.9 Å². The number of thiazole rings is 1. The van der Waals surface area contributed by atoms with Gasteiger partial charge in [-0.1, -0.05) is 35.6 Å². The van der Waals surface area contributed by atoms with Gasteiger partial charge in [0.25, 0.3) is 5.91 Å². The smallest absolute Gasteiger partial charge is 0.326 e. The largest absolute Gasteiger partial charge is 0.492 e. The summed E-state index contributed by atoms with van der Waals surface area (Å²) in [4.78, 5) is 29.4. The van der Waals surface area contributed by atoms with Crippen LogP contribution in [0.25, 0.3) is 10.2 Å². The summed E-state index contributed by atoms with van der Waals surface area (Å²) >= 11 is 1.33. The predicted octanol–water partition coefficient (Wildman–Crippen LogP) is 3.41. The first kappa shape index (κ1) is 18.8. The summed E-state index contributed by atoms with van der Waals surface area (Å²) in [6.07, 6.45) is 0. The summed E-state index contributed by atoms with van der Waals surface area (Å²) in [5, 5.41) is 0. The van der Waals surface area contributed by atoms with Gasteiger partial charge in [0.15, 0.2) is 4.80 Å². The van der Waals surface area contributed by atoms with Crippen LogP contribution in [0.5, 0.6) is 5.75 Å². The van der Waals surface area contributed by atoms with Gasteiger partial charge in [-0.2, -0.15) is 4.99 Å². The van der Waals surface area contributed by atoms with E-state index in [1.54, 1.807) is 35.8 Å². The van der Waals surface area contributed by atoms with Crippen molar-refractivity contribution in [1.29, 1.82) is 0 Å². The molecular formula is C20H20N2O4S. The average Bonchev–Trinajstić information content (AvgIpc) is 3.01. The molecule has 1 aromatic heterocycles. The lowest BCUT2D eigenvalue weighted by molar-refractivity contribution is -0.143. The van der Waals surface area contributed by atoms with E-state index in [2.05, 4.69) is 4.99 Å². The summed E-state index contributed by atoms with van der Waals surface area (Å²) in [7, 11) is 0. The van der Waals surface area contributed by atoms with Crippen molar-refractivity contribution in [3.63, 3.8) is 0 Å².